The van der Waals surface area contributed by atoms with E-state index in [-0.39, 0.29) is 5.82 Å². The van der Waals surface area contributed by atoms with Gasteiger partial charge in [0.25, 0.3) is 0 Å². The van der Waals surface area contributed by atoms with Crippen molar-refractivity contribution in [2.45, 2.75) is 20.0 Å². The molecule has 1 unspecified atom stereocenters. The van der Waals surface area contributed by atoms with Gasteiger partial charge in [0.1, 0.15) is 17.3 Å². The van der Waals surface area contributed by atoms with E-state index in [0.29, 0.717) is 28.2 Å². The van der Waals surface area contributed by atoms with Crippen molar-refractivity contribution in [3.8, 4) is 17.6 Å². The Labute approximate surface area is 116 Å². The fourth-order valence-electron chi connectivity index (χ4n) is 1.88. The lowest BCUT2D eigenvalue weighted by molar-refractivity contribution is 0.195. The molecule has 0 aliphatic heterocycles. The third-order valence-electron chi connectivity index (χ3n) is 2.95. The Morgan fingerprint density at radius 1 is 1.20 bits per heavy atom. The highest BCUT2D eigenvalue weighted by atomic mass is 19.1. The molecule has 2 rings (SSSR count). The minimum absolute atomic E-state index is 0.337. The molecule has 102 valence electrons. The van der Waals surface area contributed by atoms with Crippen LogP contribution in [0.25, 0.3) is 0 Å². The first-order valence-corrected chi connectivity index (χ1v) is 6.17. The second-order valence-corrected chi connectivity index (χ2v) is 4.55. The molecular formula is C16H14FNO2. The first-order chi connectivity index (χ1) is 9.51. The summed E-state index contributed by atoms with van der Waals surface area (Å²) in [6, 6.07) is 11.0. The number of aryl methyl sites for hydroxylation is 1. The Morgan fingerprint density at radius 3 is 2.55 bits per heavy atom. The summed E-state index contributed by atoms with van der Waals surface area (Å²) in [6.07, 6.45) is -0.724. The molecule has 0 spiro atoms. The monoisotopic (exact) mass is 271 g/mol. The van der Waals surface area contributed by atoms with Crippen LogP contribution in [0.15, 0.2) is 36.4 Å². The summed E-state index contributed by atoms with van der Waals surface area (Å²) >= 11 is 0. The van der Waals surface area contributed by atoms with Gasteiger partial charge in [-0.2, -0.15) is 5.26 Å². The number of aliphatic hydroxyl groups is 1. The molecule has 0 aliphatic rings. The number of hydrogen-bond acceptors (Lipinski definition) is 3. The fraction of sp³-hybridized carbons (Fsp3) is 0.188. The van der Waals surface area contributed by atoms with Gasteiger partial charge in [-0.05, 0) is 49.7 Å². The average Bonchev–Trinajstić information content (AvgIpc) is 2.41. The Kier molecular flexibility index (Phi) is 4.02. The van der Waals surface area contributed by atoms with E-state index in [0.717, 1.165) is 0 Å². The Balaban J connectivity index is 2.43. The van der Waals surface area contributed by atoms with Crippen LogP contribution in [0.1, 0.15) is 29.7 Å². The molecule has 0 fully saturated rings. The van der Waals surface area contributed by atoms with Crippen molar-refractivity contribution in [3.63, 3.8) is 0 Å². The summed E-state index contributed by atoms with van der Waals surface area (Å²) in [5, 5.41) is 18.7. The van der Waals surface area contributed by atoms with Crippen molar-refractivity contribution >= 4 is 0 Å². The van der Waals surface area contributed by atoms with Crippen LogP contribution in [-0.2, 0) is 0 Å². The van der Waals surface area contributed by atoms with E-state index in [2.05, 4.69) is 0 Å². The van der Waals surface area contributed by atoms with Gasteiger partial charge in [0.2, 0.25) is 0 Å². The van der Waals surface area contributed by atoms with E-state index in [9.17, 15) is 9.50 Å². The maximum absolute atomic E-state index is 13.1. The largest absolute Gasteiger partial charge is 0.457 e. The number of nitriles is 1. The van der Waals surface area contributed by atoms with Gasteiger partial charge < -0.3 is 9.84 Å². The zero-order valence-electron chi connectivity index (χ0n) is 11.2. The number of aliphatic hydroxyl groups excluding tert-OH is 1. The molecule has 4 heteroatoms. The SMILES string of the molecule is Cc1cc(F)ccc1Oc1cc(C#N)ccc1C(C)O. The van der Waals surface area contributed by atoms with E-state index in [1.807, 2.05) is 6.07 Å². The lowest BCUT2D eigenvalue weighted by Crippen LogP contribution is -1.98. The highest BCUT2D eigenvalue weighted by molar-refractivity contribution is 5.46. The standard InChI is InChI=1S/C16H14FNO2/c1-10-7-13(17)4-6-15(10)20-16-8-12(9-18)3-5-14(16)11(2)19/h3-8,11,19H,1-2H3. The van der Waals surface area contributed by atoms with Gasteiger partial charge in [0.15, 0.2) is 0 Å². The molecule has 0 saturated carbocycles. The van der Waals surface area contributed by atoms with Crippen molar-refractivity contribution in [1.29, 1.82) is 5.26 Å². The van der Waals surface area contributed by atoms with Crippen LogP contribution in [0.5, 0.6) is 11.5 Å². The third kappa shape index (κ3) is 2.95. The topological polar surface area (TPSA) is 53.2 Å². The molecule has 0 saturated heterocycles. The van der Waals surface area contributed by atoms with Gasteiger partial charge in [-0.15, -0.1) is 0 Å². The van der Waals surface area contributed by atoms with Crippen molar-refractivity contribution in [2.75, 3.05) is 0 Å². The van der Waals surface area contributed by atoms with Gasteiger partial charge >= 0.3 is 0 Å². The zero-order valence-corrected chi connectivity index (χ0v) is 11.2. The molecule has 0 aromatic heterocycles. The van der Waals surface area contributed by atoms with Gasteiger partial charge in [-0.1, -0.05) is 6.07 Å². The van der Waals surface area contributed by atoms with Crippen LogP contribution in [0.3, 0.4) is 0 Å². The van der Waals surface area contributed by atoms with Crippen molar-refractivity contribution < 1.29 is 14.2 Å². The Morgan fingerprint density at radius 2 is 1.95 bits per heavy atom. The summed E-state index contributed by atoms with van der Waals surface area (Å²) in [7, 11) is 0. The summed E-state index contributed by atoms with van der Waals surface area (Å²) in [6.45, 7) is 3.35. The number of ether oxygens (including phenoxy) is 1. The molecule has 2 aromatic rings. The minimum atomic E-state index is -0.724. The first kappa shape index (κ1) is 14.0. The molecule has 0 heterocycles. The normalized spacial score (nSPS) is 11.8. The Hall–Kier alpha value is -2.38. The van der Waals surface area contributed by atoms with Crippen LogP contribution >= 0.6 is 0 Å². The van der Waals surface area contributed by atoms with Crippen LogP contribution < -0.4 is 4.74 Å². The Bertz CT molecular complexity index is 675. The van der Waals surface area contributed by atoms with E-state index in [1.165, 1.54) is 18.2 Å². The molecule has 0 amide bonds. The van der Waals surface area contributed by atoms with E-state index >= 15 is 0 Å². The smallest absolute Gasteiger partial charge is 0.134 e. The quantitative estimate of drug-likeness (QED) is 0.922. The molecule has 20 heavy (non-hydrogen) atoms. The van der Waals surface area contributed by atoms with E-state index < -0.39 is 6.10 Å². The number of halogens is 1. The van der Waals surface area contributed by atoms with Gasteiger partial charge in [0.05, 0.1) is 17.7 Å². The molecule has 0 radical (unpaired) electrons. The van der Waals surface area contributed by atoms with Gasteiger partial charge in [-0.3, -0.25) is 0 Å². The molecule has 0 bridgehead atoms. The molecule has 1 atom stereocenters. The van der Waals surface area contributed by atoms with E-state index in [1.54, 1.807) is 32.0 Å². The fourth-order valence-corrected chi connectivity index (χ4v) is 1.88. The van der Waals surface area contributed by atoms with Crippen LogP contribution in [0, 0.1) is 24.1 Å². The third-order valence-corrected chi connectivity index (χ3v) is 2.95. The first-order valence-electron chi connectivity index (χ1n) is 6.17. The van der Waals surface area contributed by atoms with Crippen LogP contribution in [0.4, 0.5) is 4.39 Å². The summed E-state index contributed by atoms with van der Waals surface area (Å²) in [5.74, 6) is 0.550. The van der Waals surface area contributed by atoms with Crippen molar-refractivity contribution in [1.82, 2.24) is 0 Å². The second-order valence-electron chi connectivity index (χ2n) is 4.55. The van der Waals surface area contributed by atoms with Crippen molar-refractivity contribution in [3.05, 3.63) is 58.9 Å². The molecule has 3 nitrogen and oxygen atoms in total. The number of benzene rings is 2. The van der Waals surface area contributed by atoms with Crippen molar-refractivity contribution in [2.24, 2.45) is 0 Å². The predicted octanol–water partition coefficient (Wildman–Crippen LogP) is 3.85. The maximum Gasteiger partial charge on any atom is 0.134 e. The van der Waals surface area contributed by atoms with Gasteiger partial charge in [-0.25, -0.2) is 4.39 Å². The average molecular weight is 271 g/mol. The number of hydrogen-bond donors (Lipinski definition) is 1. The zero-order chi connectivity index (χ0) is 14.7. The van der Waals surface area contributed by atoms with Gasteiger partial charge in [0, 0.05) is 5.56 Å². The number of rotatable bonds is 3. The predicted molar refractivity (Wildman–Crippen MR) is 73.0 cm³/mol. The van der Waals surface area contributed by atoms with Crippen LogP contribution in [-0.4, -0.2) is 5.11 Å². The lowest BCUT2D eigenvalue weighted by Gasteiger charge is -2.15. The highest BCUT2D eigenvalue weighted by Crippen LogP contribution is 2.32. The lowest BCUT2D eigenvalue weighted by atomic mass is 10.1. The van der Waals surface area contributed by atoms with E-state index in [4.69, 9.17) is 10.00 Å². The minimum Gasteiger partial charge on any atom is -0.457 e. The highest BCUT2D eigenvalue weighted by Gasteiger charge is 2.12. The second kappa shape index (κ2) is 5.72. The summed E-state index contributed by atoms with van der Waals surface area (Å²) in [5.41, 5.74) is 1.65. The molecule has 2 aromatic carbocycles. The summed E-state index contributed by atoms with van der Waals surface area (Å²) < 4.78 is 18.8. The summed E-state index contributed by atoms with van der Waals surface area (Å²) in [4.78, 5) is 0. The molecule has 0 aliphatic carbocycles. The molecule has 1 N–H and O–H groups in total. The molecular weight excluding hydrogens is 257 g/mol. The van der Waals surface area contributed by atoms with Crippen LogP contribution in [0.2, 0.25) is 0 Å². The maximum atomic E-state index is 13.1. The number of nitrogens with zero attached hydrogens (tertiary/aromatic N) is 1.